The average molecular weight is 217 g/mol. The van der Waals surface area contributed by atoms with Crippen LogP contribution >= 0.6 is 0 Å². The second-order valence-corrected chi connectivity index (χ2v) is 2.94. The Kier molecular flexibility index (Phi) is 7.29. The number of nitroso groups, excluding NO2 is 1. The maximum Gasteiger partial charge on any atom is 0.267 e. The van der Waals surface area contributed by atoms with Crippen molar-refractivity contribution in [3.8, 4) is 0 Å². The summed E-state index contributed by atoms with van der Waals surface area (Å²) in [5, 5.41) is 16.1. The predicted octanol–water partition coefficient (Wildman–Crippen LogP) is 0.538. The van der Waals surface area contributed by atoms with E-state index in [0.717, 1.165) is 0 Å². The monoisotopic (exact) mass is 217 g/mol. The number of likely N-dealkylation sites (N-methyl/N-ethyl adjacent to an activating group) is 1. The van der Waals surface area contributed by atoms with E-state index in [9.17, 15) is 15.0 Å². The van der Waals surface area contributed by atoms with Gasteiger partial charge in [0.05, 0.1) is 4.92 Å². The molecule has 0 aromatic carbocycles. The van der Waals surface area contributed by atoms with Crippen LogP contribution in [-0.2, 0) is 4.74 Å². The molecule has 0 fully saturated rings. The highest BCUT2D eigenvalue weighted by Gasteiger charge is 2.12. The topological polar surface area (TPSA) is 93.8 Å². The molecule has 0 amide bonds. The van der Waals surface area contributed by atoms with E-state index in [-0.39, 0.29) is 18.7 Å². The highest BCUT2D eigenvalue weighted by Crippen LogP contribution is 2.03. The van der Waals surface area contributed by atoms with Crippen molar-refractivity contribution in [1.29, 1.82) is 0 Å². The summed E-state index contributed by atoms with van der Waals surface area (Å²) in [6.07, 6.45) is 1.61. The number of nitrogens with one attached hydrogen (secondary N) is 1. The van der Waals surface area contributed by atoms with Crippen LogP contribution in [0.5, 0.6) is 0 Å². The van der Waals surface area contributed by atoms with E-state index in [1.165, 1.54) is 13.2 Å². The van der Waals surface area contributed by atoms with Crippen LogP contribution in [0.3, 0.4) is 0 Å². The van der Waals surface area contributed by atoms with Crippen LogP contribution in [-0.4, -0.2) is 38.3 Å². The first kappa shape index (κ1) is 13.7. The van der Waals surface area contributed by atoms with Gasteiger partial charge in [0.1, 0.15) is 12.6 Å². The maximum absolute atomic E-state index is 10.5. The van der Waals surface area contributed by atoms with E-state index in [4.69, 9.17) is 0 Å². The zero-order chi connectivity index (χ0) is 11.7. The van der Waals surface area contributed by atoms with Crippen LogP contribution in [0.2, 0.25) is 0 Å². The molecule has 0 rings (SSSR count). The van der Waals surface area contributed by atoms with Crippen molar-refractivity contribution < 1.29 is 9.66 Å². The maximum atomic E-state index is 10.5. The lowest BCUT2D eigenvalue weighted by Gasteiger charge is -2.04. The van der Waals surface area contributed by atoms with E-state index < -0.39 is 11.0 Å². The fraction of sp³-hybridized carbons (Fsp3) is 0.750. The minimum absolute atomic E-state index is 0.0535. The summed E-state index contributed by atoms with van der Waals surface area (Å²) < 4.78 is 4.66. The lowest BCUT2D eigenvalue weighted by molar-refractivity contribution is -0.430. The quantitative estimate of drug-likeness (QED) is 0.363. The molecule has 15 heavy (non-hydrogen) atoms. The van der Waals surface area contributed by atoms with E-state index in [1.807, 2.05) is 0 Å². The molecule has 0 saturated carbocycles. The highest BCUT2D eigenvalue weighted by atomic mass is 16.6. The van der Waals surface area contributed by atoms with Crippen LogP contribution in [0.15, 0.2) is 16.9 Å². The van der Waals surface area contributed by atoms with Gasteiger partial charge >= 0.3 is 0 Å². The van der Waals surface area contributed by atoms with Gasteiger partial charge in [-0.1, -0.05) is 5.18 Å². The normalized spacial score (nSPS) is 13.6. The van der Waals surface area contributed by atoms with Gasteiger partial charge in [0.2, 0.25) is 0 Å². The summed E-state index contributed by atoms with van der Waals surface area (Å²) in [5.41, 5.74) is -0.0535. The van der Waals surface area contributed by atoms with E-state index in [0.29, 0.717) is 6.54 Å². The van der Waals surface area contributed by atoms with Gasteiger partial charge in [-0.05, 0) is 19.5 Å². The van der Waals surface area contributed by atoms with Crippen LogP contribution < -0.4 is 5.32 Å². The molecule has 0 aliphatic heterocycles. The molecule has 7 heteroatoms. The van der Waals surface area contributed by atoms with Gasteiger partial charge in [-0.3, -0.25) is 10.1 Å². The van der Waals surface area contributed by atoms with Gasteiger partial charge < -0.3 is 10.1 Å². The van der Waals surface area contributed by atoms with Crippen molar-refractivity contribution in [2.24, 2.45) is 5.18 Å². The second kappa shape index (κ2) is 8.01. The Morgan fingerprint density at radius 2 is 2.40 bits per heavy atom. The lowest BCUT2D eigenvalue weighted by atomic mass is 10.2. The first-order chi connectivity index (χ1) is 7.15. The number of ether oxygens (including phenoxy) is 1. The SMILES string of the molecule is CNCC(CC=C(COC)[N+](=O)[O-])N=O. The number of nitrogens with zero attached hydrogens (tertiary/aromatic N) is 2. The fourth-order valence-electron chi connectivity index (χ4n) is 1.01. The summed E-state index contributed by atoms with van der Waals surface area (Å²) in [6, 6.07) is -0.484. The molecule has 86 valence electrons. The van der Waals surface area contributed by atoms with Crippen molar-refractivity contribution in [2.75, 3.05) is 27.3 Å². The molecule has 0 heterocycles. The van der Waals surface area contributed by atoms with Gasteiger partial charge in [-0.2, -0.15) is 4.91 Å². The third kappa shape index (κ3) is 5.87. The zero-order valence-electron chi connectivity index (χ0n) is 8.80. The van der Waals surface area contributed by atoms with Crippen LogP contribution in [0, 0.1) is 15.0 Å². The van der Waals surface area contributed by atoms with Gasteiger partial charge in [0.25, 0.3) is 5.70 Å². The smallest absolute Gasteiger partial charge is 0.267 e. The lowest BCUT2D eigenvalue weighted by Crippen LogP contribution is -2.21. The fourth-order valence-corrected chi connectivity index (χ4v) is 1.01. The summed E-state index contributed by atoms with van der Waals surface area (Å²) >= 11 is 0. The summed E-state index contributed by atoms with van der Waals surface area (Å²) in [7, 11) is 3.06. The van der Waals surface area contributed by atoms with Crippen molar-refractivity contribution in [3.63, 3.8) is 0 Å². The molecule has 7 nitrogen and oxygen atoms in total. The Balaban J connectivity index is 4.28. The predicted molar refractivity (Wildman–Crippen MR) is 55.1 cm³/mol. The standard InChI is InChI=1S/C8H15N3O4/c1-9-5-7(10-12)3-4-8(6-15-2)11(13)14/h4,7,9H,3,5-6H2,1-2H3. The molecule has 1 N–H and O–H groups in total. The molecule has 0 saturated heterocycles. The Bertz CT molecular complexity index is 242. The van der Waals surface area contributed by atoms with E-state index >= 15 is 0 Å². The molecule has 0 aliphatic carbocycles. The van der Waals surface area contributed by atoms with Crippen LogP contribution in [0.4, 0.5) is 0 Å². The van der Waals surface area contributed by atoms with Crippen LogP contribution in [0.1, 0.15) is 6.42 Å². The first-order valence-electron chi connectivity index (χ1n) is 4.45. The summed E-state index contributed by atoms with van der Waals surface area (Å²) in [4.78, 5) is 20.3. The minimum atomic E-state index is -0.523. The number of rotatable bonds is 8. The average Bonchev–Trinajstić information content (AvgIpc) is 2.21. The zero-order valence-corrected chi connectivity index (χ0v) is 8.80. The molecule has 0 aliphatic rings. The van der Waals surface area contributed by atoms with Crippen molar-refractivity contribution in [2.45, 2.75) is 12.5 Å². The first-order valence-corrected chi connectivity index (χ1v) is 4.45. The Morgan fingerprint density at radius 3 is 2.80 bits per heavy atom. The van der Waals surface area contributed by atoms with E-state index in [1.54, 1.807) is 7.05 Å². The number of hydrogen-bond acceptors (Lipinski definition) is 6. The molecule has 0 aromatic rings. The van der Waals surface area contributed by atoms with Crippen molar-refractivity contribution >= 4 is 0 Å². The van der Waals surface area contributed by atoms with Gasteiger partial charge in [0.15, 0.2) is 0 Å². The molecule has 0 spiro atoms. The summed E-state index contributed by atoms with van der Waals surface area (Å²) in [5.74, 6) is 0. The number of hydrogen-bond donors (Lipinski definition) is 1. The van der Waals surface area contributed by atoms with E-state index in [2.05, 4.69) is 15.2 Å². The van der Waals surface area contributed by atoms with Crippen molar-refractivity contribution in [3.05, 3.63) is 26.8 Å². The number of nitro groups is 1. The Morgan fingerprint density at radius 1 is 1.73 bits per heavy atom. The van der Waals surface area contributed by atoms with Gasteiger partial charge in [-0.25, -0.2) is 0 Å². The summed E-state index contributed by atoms with van der Waals surface area (Å²) in [6.45, 7) is 0.329. The molecule has 0 bridgehead atoms. The number of methoxy groups -OCH3 is 1. The Labute approximate surface area is 87.6 Å². The third-order valence-electron chi connectivity index (χ3n) is 1.74. The van der Waals surface area contributed by atoms with Gasteiger partial charge in [-0.15, -0.1) is 0 Å². The third-order valence-corrected chi connectivity index (χ3v) is 1.74. The Hall–Kier alpha value is -1.34. The van der Waals surface area contributed by atoms with Crippen molar-refractivity contribution in [1.82, 2.24) is 5.32 Å². The second-order valence-electron chi connectivity index (χ2n) is 2.94. The molecule has 1 atom stereocenters. The van der Waals surface area contributed by atoms with Gasteiger partial charge in [0, 0.05) is 13.7 Å². The minimum Gasteiger partial charge on any atom is -0.373 e. The molecule has 1 unspecified atom stereocenters. The molecule has 0 aromatic heterocycles. The molecular weight excluding hydrogens is 202 g/mol. The molecule has 0 radical (unpaired) electrons. The van der Waals surface area contributed by atoms with Crippen LogP contribution in [0.25, 0.3) is 0 Å². The largest absolute Gasteiger partial charge is 0.373 e. The molecular formula is C8H15N3O4. The highest BCUT2D eigenvalue weighted by molar-refractivity contribution is 4.94.